The fraction of sp³-hybridized carbons (Fsp3) is 0.143. The fourth-order valence-corrected chi connectivity index (χ4v) is 2.51. The molecular weight excluding hydrogens is 326 g/mol. The van der Waals surface area contributed by atoms with Gasteiger partial charge >= 0.3 is 0 Å². The van der Waals surface area contributed by atoms with E-state index < -0.39 is 0 Å². The Balaban J connectivity index is 1.68. The molecule has 0 aliphatic rings. The van der Waals surface area contributed by atoms with E-state index in [2.05, 4.69) is 35.5 Å². The molecule has 0 saturated carbocycles. The molecule has 26 heavy (non-hydrogen) atoms. The van der Waals surface area contributed by atoms with Gasteiger partial charge in [0.05, 0.1) is 19.0 Å². The van der Waals surface area contributed by atoms with Crippen molar-refractivity contribution in [3.05, 3.63) is 77.6 Å². The highest BCUT2D eigenvalue weighted by atomic mass is 16.5. The van der Waals surface area contributed by atoms with E-state index in [0.717, 1.165) is 17.1 Å². The largest absolute Gasteiger partial charge is 0.497 e. The van der Waals surface area contributed by atoms with Gasteiger partial charge < -0.3 is 15.4 Å². The van der Waals surface area contributed by atoms with E-state index in [-0.39, 0.29) is 5.91 Å². The van der Waals surface area contributed by atoms with E-state index >= 15 is 0 Å². The number of carbonyl (C=O) groups excluding carboxylic acids is 1. The van der Waals surface area contributed by atoms with Crippen molar-refractivity contribution in [2.24, 2.45) is 0 Å². The van der Waals surface area contributed by atoms with Gasteiger partial charge in [0.15, 0.2) is 0 Å². The highest BCUT2D eigenvalue weighted by molar-refractivity contribution is 6.03. The number of amides is 1. The maximum Gasteiger partial charge on any atom is 0.274 e. The Morgan fingerprint density at radius 3 is 2.35 bits per heavy atom. The Morgan fingerprint density at radius 2 is 1.69 bits per heavy atom. The van der Waals surface area contributed by atoms with Crippen molar-refractivity contribution in [2.45, 2.75) is 13.8 Å². The molecule has 0 bridgehead atoms. The van der Waals surface area contributed by atoms with Crippen LogP contribution < -0.4 is 15.4 Å². The van der Waals surface area contributed by atoms with Crippen LogP contribution in [0.25, 0.3) is 0 Å². The number of anilines is 3. The molecule has 0 spiro atoms. The van der Waals surface area contributed by atoms with E-state index in [1.165, 1.54) is 11.1 Å². The van der Waals surface area contributed by atoms with Crippen LogP contribution in [0.5, 0.6) is 5.75 Å². The lowest BCUT2D eigenvalue weighted by molar-refractivity contribution is 0.102. The van der Waals surface area contributed by atoms with Gasteiger partial charge in [0, 0.05) is 11.4 Å². The standard InChI is InChI=1S/C21H21N3O2/c1-14-5-4-6-19(15(14)2)23-17-9-12-20(22-13-17)21(25)24-16-7-10-18(26-3)11-8-16/h4-13,23H,1-3H3,(H,24,25). The van der Waals surface area contributed by atoms with Crippen LogP contribution in [0, 0.1) is 13.8 Å². The molecule has 5 nitrogen and oxygen atoms in total. The monoisotopic (exact) mass is 347 g/mol. The van der Waals surface area contributed by atoms with Gasteiger partial charge in [-0.3, -0.25) is 4.79 Å². The van der Waals surface area contributed by atoms with Crippen LogP contribution in [-0.2, 0) is 0 Å². The molecule has 0 aliphatic heterocycles. The molecule has 0 saturated heterocycles. The van der Waals surface area contributed by atoms with E-state index in [4.69, 9.17) is 4.74 Å². The smallest absolute Gasteiger partial charge is 0.274 e. The molecule has 3 aromatic rings. The number of hydrogen-bond acceptors (Lipinski definition) is 4. The summed E-state index contributed by atoms with van der Waals surface area (Å²) in [6.07, 6.45) is 1.66. The van der Waals surface area contributed by atoms with Gasteiger partial charge in [-0.25, -0.2) is 4.98 Å². The summed E-state index contributed by atoms with van der Waals surface area (Å²) < 4.78 is 5.10. The molecule has 1 amide bonds. The zero-order chi connectivity index (χ0) is 18.5. The van der Waals surface area contributed by atoms with Gasteiger partial charge in [-0.15, -0.1) is 0 Å². The SMILES string of the molecule is COc1ccc(NC(=O)c2ccc(Nc3cccc(C)c3C)cn2)cc1. The molecule has 2 aromatic carbocycles. The lowest BCUT2D eigenvalue weighted by Gasteiger charge is -2.11. The first kappa shape index (κ1) is 17.5. The number of hydrogen-bond donors (Lipinski definition) is 2. The summed E-state index contributed by atoms with van der Waals surface area (Å²) in [7, 11) is 1.60. The quantitative estimate of drug-likeness (QED) is 0.702. The van der Waals surface area contributed by atoms with Crippen molar-refractivity contribution < 1.29 is 9.53 Å². The molecule has 0 radical (unpaired) electrons. The number of pyridine rings is 1. The second-order valence-electron chi connectivity index (χ2n) is 5.99. The second kappa shape index (κ2) is 7.70. The second-order valence-corrected chi connectivity index (χ2v) is 5.99. The minimum Gasteiger partial charge on any atom is -0.497 e. The maximum atomic E-state index is 12.3. The van der Waals surface area contributed by atoms with E-state index in [1.54, 1.807) is 43.6 Å². The summed E-state index contributed by atoms with van der Waals surface area (Å²) in [5, 5.41) is 6.15. The average Bonchev–Trinajstić information content (AvgIpc) is 2.66. The van der Waals surface area contributed by atoms with Crippen LogP contribution in [0.3, 0.4) is 0 Å². The van der Waals surface area contributed by atoms with Crippen LogP contribution in [0.1, 0.15) is 21.6 Å². The average molecular weight is 347 g/mol. The molecule has 2 N–H and O–H groups in total. The molecule has 0 fully saturated rings. The molecule has 1 heterocycles. The van der Waals surface area contributed by atoms with Crippen molar-refractivity contribution in [1.29, 1.82) is 0 Å². The van der Waals surface area contributed by atoms with Crippen molar-refractivity contribution in [1.82, 2.24) is 4.98 Å². The van der Waals surface area contributed by atoms with Crippen LogP contribution >= 0.6 is 0 Å². The van der Waals surface area contributed by atoms with Crippen molar-refractivity contribution >= 4 is 23.0 Å². The molecule has 132 valence electrons. The number of methoxy groups -OCH3 is 1. The third kappa shape index (κ3) is 4.00. The number of aryl methyl sites for hydroxylation is 1. The summed E-state index contributed by atoms with van der Waals surface area (Å²) in [6, 6.07) is 16.8. The topological polar surface area (TPSA) is 63.2 Å². The summed E-state index contributed by atoms with van der Waals surface area (Å²) in [4.78, 5) is 16.6. The number of benzene rings is 2. The van der Waals surface area contributed by atoms with Crippen molar-refractivity contribution in [3.8, 4) is 5.75 Å². The zero-order valence-electron chi connectivity index (χ0n) is 15.0. The Morgan fingerprint density at radius 1 is 0.962 bits per heavy atom. The Hall–Kier alpha value is -3.34. The van der Waals surface area contributed by atoms with E-state index in [9.17, 15) is 4.79 Å². The summed E-state index contributed by atoms with van der Waals surface area (Å²) in [6.45, 7) is 4.15. The predicted molar refractivity (Wildman–Crippen MR) is 104 cm³/mol. The van der Waals surface area contributed by atoms with E-state index in [1.807, 2.05) is 18.2 Å². The third-order valence-corrected chi connectivity index (χ3v) is 4.23. The molecular formula is C21H21N3O2. The van der Waals surface area contributed by atoms with Crippen LogP contribution in [0.4, 0.5) is 17.1 Å². The number of carbonyl (C=O) groups is 1. The Kier molecular flexibility index (Phi) is 5.17. The molecule has 0 atom stereocenters. The first-order valence-corrected chi connectivity index (χ1v) is 8.31. The minimum absolute atomic E-state index is 0.256. The lowest BCUT2D eigenvalue weighted by atomic mass is 10.1. The number of ether oxygens (including phenoxy) is 1. The first-order chi connectivity index (χ1) is 12.6. The first-order valence-electron chi connectivity index (χ1n) is 8.31. The van der Waals surface area contributed by atoms with E-state index in [0.29, 0.717) is 11.4 Å². The number of aromatic nitrogens is 1. The normalized spacial score (nSPS) is 10.3. The van der Waals surface area contributed by atoms with Crippen molar-refractivity contribution in [2.75, 3.05) is 17.7 Å². The molecule has 0 unspecified atom stereocenters. The predicted octanol–water partition coefficient (Wildman–Crippen LogP) is 4.70. The molecule has 0 aliphatic carbocycles. The Labute approximate surface area is 153 Å². The summed E-state index contributed by atoms with van der Waals surface area (Å²) >= 11 is 0. The zero-order valence-corrected chi connectivity index (χ0v) is 15.0. The van der Waals surface area contributed by atoms with Gasteiger partial charge in [-0.1, -0.05) is 12.1 Å². The number of nitrogens with zero attached hydrogens (tertiary/aromatic N) is 1. The van der Waals surface area contributed by atoms with Gasteiger partial charge in [0.2, 0.25) is 0 Å². The number of rotatable bonds is 5. The highest BCUT2D eigenvalue weighted by Crippen LogP contribution is 2.22. The van der Waals surface area contributed by atoms with Gasteiger partial charge in [-0.2, -0.15) is 0 Å². The van der Waals surface area contributed by atoms with Gasteiger partial charge in [0.1, 0.15) is 11.4 Å². The highest BCUT2D eigenvalue weighted by Gasteiger charge is 2.08. The Bertz CT molecular complexity index is 904. The van der Waals surface area contributed by atoms with Crippen LogP contribution in [0.15, 0.2) is 60.8 Å². The van der Waals surface area contributed by atoms with Crippen molar-refractivity contribution in [3.63, 3.8) is 0 Å². The fourth-order valence-electron chi connectivity index (χ4n) is 2.51. The summed E-state index contributed by atoms with van der Waals surface area (Å²) in [5.41, 5.74) is 5.32. The van der Waals surface area contributed by atoms with Crippen LogP contribution in [0.2, 0.25) is 0 Å². The molecule has 5 heteroatoms. The molecule has 1 aromatic heterocycles. The van der Waals surface area contributed by atoms with Gasteiger partial charge in [0.25, 0.3) is 5.91 Å². The van der Waals surface area contributed by atoms with Crippen LogP contribution in [-0.4, -0.2) is 18.0 Å². The summed E-state index contributed by atoms with van der Waals surface area (Å²) in [5.74, 6) is 0.483. The number of nitrogens with one attached hydrogen (secondary N) is 2. The maximum absolute atomic E-state index is 12.3. The van der Waals surface area contributed by atoms with Gasteiger partial charge in [-0.05, 0) is 67.4 Å². The lowest BCUT2D eigenvalue weighted by Crippen LogP contribution is -2.13. The minimum atomic E-state index is -0.256. The molecule has 3 rings (SSSR count). The third-order valence-electron chi connectivity index (χ3n) is 4.23.